The van der Waals surface area contributed by atoms with Crippen LogP contribution in [0.5, 0.6) is 0 Å². The summed E-state index contributed by atoms with van der Waals surface area (Å²) in [6, 6.07) is 7.20. The molecule has 8 nitrogen and oxygen atoms in total. The van der Waals surface area contributed by atoms with Gasteiger partial charge in [-0.25, -0.2) is 17.8 Å². The number of aromatic amines is 1. The summed E-state index contributed by atoms with van der Waals surface area (Å²) in [5, 5.41) is 3.80. The Bertz CT molecular complexity index is 1330. The minimum absolute atomic E-state index is 0.164. The molecule has 0 aliphatic carbocycles. The van der Waals surface area contributed by atoms with Gasteiger partial charge in [0.15, 0.2) is 0 Å². The largest absolute Gasteiger partial charge is 0.416 e. The third kappa shape index (κ3) is 4.64. The number of nitrogens with one attached hydrogen (secondary N) is 2. The summed E-state index contributed by atoms with van der Waals surface area (Å²) in [6.45, 7) is 3.02. The fraction of sp³-hybridized carbons (Fsp3) is 0.150. The van der Waals surface area contributed by atoms with Crippen LogP contribution in [-0.2, 0) is 16.2 Å². The van der Waals surface area contributed by atoms with Crippen LogP contribution in [0.3, 0.4) is 0 Å². The monoisotopic (exact) mass is 466 g/mol. The summed E-state index contributed by atoms with van der Waals surface area (Å²) in [6.07, 6.45) is -2.12. The maximum Gasteiger partial charge on any atom is 0.416 e. The van der Waals surface area contributed by atoms with Gasteiger partial charge in [0.05, 0.1) is 22.2 Å². The molecule has 2 heterocycles. The number of aromatic nitrogens is 2. The second kappa shape index (κ2) is 8.46. The van der Waals surface area contributed by atoms with Crippen molar-refractivity contribution in [3.63, 3.8) is 0 Å². The number of amides is 1. The van der Waals surface area contributed by atoms with Crippen molar-refractivity contribution >= 4 is 22.1 Å². The van der Waals surface area contributed by atoms with E-state index in [0.717, 1.165) is 16.1 Å². The lowest BCUT2D eigenvalue weighted by atomic mass is 10.2. The summed E-state index contributed by atoms with van der Waals surface area (Å²) in [5.74, 6) is -0.594. The van der Waals surface area contributed by atoms with Gasteiger partial charge < -0.3 is 4.98 Å². The number of carbonyl (C=O) groups is 1. The van der Waals surface area contributed by atoms with Crippen LogP contribution >= 0.6 is 0 Å². The second-order valence-electron chi connectivity index (χ2n) is 6.76. The van der Waals surface area contributed by atoms with Crippen molar-refractivity contribution in [2.24, 2.45) is 5.10 Å². The predicted molar refractivity (Wildman–Crippen MR) is 110 cm³/mol. The maximum absolute atomic E-state index is 13.0. The van der Waals surface area contributed by atoms with E-state index in [0.29, 0.717) is 23.4 Å². The molecule has 0 radical (unpaired) electrons. The van der Waals surface area contributed by atoms with Crippen LogP contribution in [0.25, 0.3) is 0 Å². The third-order valence-electron chi connectivity index (χ3n) is 4.54. The van der Waals surface area contributed by atoms with Crippen molar-refractivity contribution in [3.05, 3.63) is 87.1 Å². The average molecular weight is 466 g/mol. The SMILES string of the molecule is Cc1cc(C=NNC(=O)c2ccc(=O)[nH]c2)c(C)n1S(=O)(=O)c1ccc(C(F)(F)F)cc1. The molecule has 1 aromatic carbocycles. The van der Waals surface area contributed by atoms with Gasteiger partial charge >= 0.3 is 6.18 Å². The van der Waals surface area contributed by atoms with Crippen LogP contribution < -0.4 is 11.0 Å². The molecule has 2 N–H and O–H groups in total. The van der Waals surface area contributed by atoms with Crippen molar-refractivity contribution in [3.8, 4) is 0 Å². The molecule has 0 unspecified atom stereocenters. The molecular formula is C20H17F3N4O4S. The number of halogens is 3. The van der Waals surface area contributed by atoms with Gasteiger partial charge in [-0.2, -0.15) is 18.3 Å². The number of aryl methyl sites for hydroxylation is 1. The van der Waals surface area contributed by atoms with Gasteiger partial charge in [0.1, 0.15) is 0 Å². The molecule has 2 aromatic heterocycles. The van der Waals surface area contributed by atoms with Crippen LogP contribution in [0.15, 0.2) is 63.5 Å². The van der Waals surface area contributed by atoms with Crippen LogP contribution in [0.1, 0.15) is 32.9 Å². The topological polar surface area (TPSA) is 113 Å². The lowest BCUT2D eigenvalue weighted by molar-refractivity contribution is -0.137. The molecule has 3 aromatic rings. The molecule has 0 bridgehead atoms. The van der Waals surface area contributed by atoms with E-state index in [9.17, 15) is 31.2 Å². The van der Waals surface area contributed by atoms with Crippen molar-refractivity contribution in [1.29, 1.82) is 0 Å². The molecule has 0 saturated carbocycles. The number of rotatable bonds is 5. The van der Waals surface area contributed by atoms with Gasteiger partial charge in [0.2, 0.25) is 5.56 Å². The second-order valence-corrected chi connectivity index (χ2v) is 8.55. The summed E-state index contributed by atoms with van der Waals surface area (Å²) in [4.78, 5) is 25.1. The number of alkyl halides is 3. The Balaban J connectivity index is 1.85. The molecule has 0 fully saturated rings. The number of nitrogens with zero attached hydrogens (tertiary/aromatic N) is 2. The summed E-state index contributed by atoms with van der Waals surface area (Å²) >= 11 is 0. The molecule has 3 rings (SSSR count). The standard InChI is InChI=1S/C20H17F3N4O4S/c1-12-9-15(11-25-26-19(29)14-3-8-18(28)24-10-14)13(2)27(12)32(30,31)17-6-4-16(5-7-17)20(21,22)23/h3-11H,1-2H3,(H,24,28)(H,26,29). The van der Waals surface area contributed by atoms with E-state index < -0.39 is 27.7 Å². The van der Waals surface area contributed by atoms with E-state index in [4.69, 9.17) is 0 Å². The van der Waals surface area contributed by atoms with Crippen molar-refractivity contribution in [2.75, 3.05) is 0 Å². The van der Waals surface area contributed by atoms with Crippen LogP contribution in [0, 0.1) is 13.8 Å². The highest BCUT2D eigenvalue weighted by Crippen LogP contribution is 2.30. The molecule has 0 atom stereocenters. The molecule has 0 aliphatic heterocycles. The van der Waals surface area contributed by atoms with Crippen molar-refractivity contribution < 1.29 is 26.4 Å². The van der Waals surface area contributed by atoms with Gasteiger partial charge in [-0.15, -0.1) is 0 Å². The molecule has 0 saturated heterocycles. The molecule has 32 heavy (non-hydrogen) atoms. The normalized spacial score (nSPS) is 12.3. The number of H-pyrrole nitrogens is 1. The highest BCUT2D eigenvalue weighted by atomic mass is 32.2. The predicted octanol–water partition coefficient (Wildman–Crippen LogP) is 2.81. The minimum atomic E-state index is -4.58. The fourth-order valence-corrected chi connectivity index (χ4v) is 4.56. The first-order chi connectivity index (χ1) is 14.9. The van der Waals surface area contributed by atoms with Crippen LogP contribution in [-0.4, -0.2) is 29.5 Å². The van der Waals surface area contributed by atoms with Gasteiger partial charge in [0.25, 0.3) is 15.9 Å². The van der Waals surface area contributed by atoms with E-state index in [-0.39, 0.29) is 21.7 Å². The Morgan fingerprint density at radius 1 is 1.12 bits per heavy atom. The fourth-order valence-electron chi connectivity index (χ4n) is 2.97. The quantitative estimate of drug-likeness (QED) is 0.445. The summed E-state index contributed by atoms with van der Waals surface area (Å²) in [7, 11) is -4.16. The van der Waals surface area contributed by atoms with Gasteiger partial charge in [-0.05, 0) is 50.2 Å². The Labute approximate surface area is 180 Å². The van der Waals surface area contributed by atoms with Crippen LogP contribution in [0.2, 0.25) is 0 Å². The smallest absolute Gasteiger partial charge is 0.328 e. The molecule has 0 spiro atoms. The lowest BCUT2D eigenvalue weighted by Crippen LogP contribution is -2.19. The van der Waals surface area contributed by atoms with E-state index in [1.807, 2.05) is 0 Å². The highest BCUT2D eigenvalue weighted by molar-refractivity contribution is 7.90. The number of carbonyl (C=O) groups excluding carboxylic acids is 1. The average Bonchev–Trinajstić information content (AvgIpc) is 3.01. The first-order valence-electron chi connectivity index (χ1n) is 9.05. The van der Waals surface area contributed by atoms with Crippen LogP contribution in [0.4, 0.5) is 13.2 Å². The summed E-state index contributed by atoms with van der Waals surface area (Å²) < 4.78 is 65.2. The lowest BCUT2D eigenvalue weighted by Gasteiger charge is -2.12. The third-order valence-corrected chi connectivity index (χ3v) is 6.45. The van der Waals surface area contributed by atoms with E-state index >= 15 is 0 Å². The maximum atomic E-state index is 13.0. The zero-order valence-electron chi connectivity index (χ0n) is 16.8. The number of hydrogen-bond acceptors (Lipinski definition) is 5. The van der Waals surface area contributed by atoms with Gasteiger partial charge in [-0.1, -0.05) is 0 Å². The highest BCUT2D eigenvalue weighted by Gasteiger charge is 2.31. The number of hydrogen-bond donors (Lipinski definition) is 2. The number of pyridine rings is 1. The van der Waals surface area contributed by atoms with E-state index in [1.165, 1.54) is 44.5 Å². The van der Waals surface area contributed by atoms with E-state index in [1.54, 1.807) is 0 Å². The Hall–Kier alpha value is -3.67. The molecule has 0 aliphatic rings. The van der Waals surface area contributed by atoms with Crippen molar-refractivity contribution in [1.82, 2.24) is 14.4 Å². The minimum Gasteiger partial charge on any atom is -0.328 e. The zero-order chi connectivity index (χ0) is 23.7. The molecule has 168 valence electrons. The number of benzene rings is 1. The first kappa shape index (κ1) is 23.0. The molecular weight excluding hydrogens is 449 g/mol. The number of hydrazone groups is 1. The first-order valence-corrected chi connectivity index (χ1v) is 10.5. The van der Waals surface area contributed by atoms with Crippen molar-refractivity contribution in [2.45, 2.75) is 24.9 Å². The summed E-state index contributed by atoms with van der Waals surface area (Å²) in [5.41, 5.74) is 2.03. The molecule has 1 amide bonds. The Kier molecular flexibility index (Phi) is 6.08. The van der Waals surface area contributed by atoms with E-state index in [2.05, 4.69) is 15.5 Å². The Morgan fingerprint density at radius 3 is 2.34 bits per heavy atom. The molecule has 12 heteroatoms. The zero-order valence-corrected chi connectivity index (χ0v) is 17.6. The Morgan fingerprint density at radius 2 is 1.78 bits per heavy atom. The van der Waals surface area contributed by atoms with Gasteiger partial charge in [0, 0.05) is 29.2 Å². The van der Waals surface area contributed by atoms with Gasteiger partial charge in [-0.3, -0.25) is 9.59 Å².